The molecular weight excluding hydrogens is 540 g/mol. The molecule has 7 unspecified atom stereocenters. The number of carbonyl (C=O) groups excluding carboxylic acids is 2. The number of aldehydes is 1. The van der Waals surface area contributed by atoms with E-state index in [9.17, 15) is 9.59 Å². The van der Waals surface area contributed by atoms with Gasteiger partial charge in [-0.25, -0.2) is 4.79 Å². The van der Waals surface area contributed by atoms with Crippen LogP contribution in [-0.4, -0.2) is 60.8 Å². The van der Waals surface area contributed by atoms with E-state index in [0.29, 0.717) is 37.2 Å². The summed E-state index contributed by atoms with van der Waals surface area (Å²) in [7, 11) is 0. The van der Waals surface area contributed by atoms with Crippen LogP contribution in [0.25, 0.3) is 0 Å². The quantitative estimate of drug-likeness (QED) is 0.299. The lowest BCUT2D eigenvalue weighted by Crippen LogP contribution is -2.63. The van der Waals surface area contributed by atoms with Gasteiger partial charge in [-0.05, 0) is 54.6 Å². The van der Waals surface area contributed by atoms with E-state index in [-0.39, 0.29) is 54.6 Å². The number of fused-ring (bicyclic) bond motifs is 3. The largest absolute Gasteiger partial charge is 0.458 e. The lowest BCUT2D eigenvalue weighted by molar-refractivity contribution is -0.295. The van der Waals surface area contributed by atoms with Crippen LogP contribution >= 0.6 is 15.9 Å². The average molecular weight is 575 g/mol. The summed E-state index contributed by atoms with van der Waals surface area (Å²) in [6.45, 7) is 3.98. The Kier molecular flexibility index (Phi) is 7.31. The second-order valence-electron chi connectivity index (χ2n) is 11.3. The fourth-order valence-electron chi connectivity index (χ4n) is 7.23. The summed E-state index contributed by atoms with van der Waals surface area (Å²) in [6.07, 6.45) is 6.99. The smallest absolute Gasteiger partial charge is 0.338 e. The summed E-state index contributed by atoms with van der Waals surface area (Å²) in [5, 5.41) is 0. The molecule has 10 atom stereocenters. The molecule has 0 aromatic heterocycles. The van der Waals surface area contributed by atoms with E-state index in [1.165, 1.54) is 0 Å². The molecule has 4 aliphatic heterocycles. The summed E-state index contributed by atoms with van der Waals surface area (Å²) in [6, 6.07) is 9.05. The molecule has 7 nitrogen and oxygen atoms in total. The SMILES string of the molecule is C=C(Br)CC(CC[C@@]12CC3CCC4C(O1)[C@H]1OC(CC=O)CCC1O[C@H]4C3O2)OC(=O)c1ccccc1. The molecule has 6 rings (SSSR count). The molecule has 37 heavy (non-hydrogen) atoms. The molecule has 1 aromatic rings. The monoisotopic (exact) mass is 574 g/mol. The van der Waals surface area contributed by atoms with Crippen molar-refractivity contribution in [1.29, 1.82) is 0 Å². The molecule has 4 heterocycles. The summed E-state index contributed by atoms with van der Waals surface area (Å²) in [5.74, 6) is -0.458. The molecule has 0 N–H and O–H groups in total. The fraction of sp³-hybridized carbons (Fsp3) is 0.655. The van der Waals surface area contributed by atoms with Crippen molar-refractivity contribution < 1.29 is 33.3 Å². The van der Waals surface area contributed by atoms with E-state index in [4.69, 9.17) is 23.7 Å². The van der Waals surface area contributed by atoms with Gasteiger partial charge in [0.1, 0.15) is 18.5 Å². The van der Waals surface area contributed by atoms with E-state index < -0.39 is 5.79 Å². The minimum Gasteiger partial charge on any atom is -0.458 e. The highest BCUT2D eigenvalue weighted by Gasteiger charge is 2.64. The minimum absolute atomic E-state index is 0.0221. The molecule has 0 spiro atoms. The molecule has 1 aromatic carbocycles. The topological polar surface area (TPSA) is 80.3 Å². The Hall–Kier alpha value is -1.58. The molecule has 5 fully saturated rings. The predicted octanol–water partition coefficient (Wildman–Crippen LogP) is 5.11. The highest BCUT2D eigenvalue weighted by atomic mass is 79.9. The maximum Gasteiger partial charge on any atom is 0.338 e. The van der Waals surface area contributed by atoms with Gasteiger partial charge in [0.05, 0.1) is 36.1 Å². The first-order valence-corrected chi connectivity index (χ1v) is 14.4. The first kappa shape index (κ1) is 25.7. The standard InChI is InChI=1S/C29H35BrO7/c1-17(30)15-21(34-28(32)18-5-3-2-4-6-18)11-13-29-16-19-7-9-22-25(24(19)36-29)35-23-10-8-20(12-14-31)33-27(23)26(22)37-29/h2-6,14,19-27H,1,7-13,15-16H2/t19?,20?,21?,22?,23?,24?,25-,26?,27+,29+/m1/s1. The van der Waals surface area contributed by atoms with E-state index in [0.717, 1.165) is 42.9 Å². The average Bonchev–Trinajstić information content (AvgIpc) is 3.25. The van der Waals surface area contributed by atoms with Crippen LogP contribution in [-0.2, 0) is 28.5 Å². The van der Waals surface area contributed by atoms with Crippen molar-refractivity contribution >= 4 is 28.2 Å². The van der Waals surface area contributed by atoms with Crippen LogP contribution in [0.5, 0.6) is 0 Å². The number of carbonyl (C=O) groups is 2. The Morgan fingerprint density at radius 1 is 1.08 bits per heavy atom. The lowest BCUT2D eigenvalue weighted by Gasteiger charge is -2.53. The Balaban J connectivity index is 1.20. The third-order valence-corrected chi connectivity index (χ3v) is 9.19. The van der Waals surface area contributed by atoms with Crippen LogP contribution in [0, 0.1) is 11.8 Å². The third-order valence-electron chi connectivity index (χ3n) is 8.86. The number of ether oxygens (including phenoxy) is 5. The van der Waals surface area contributed by atoms with Crippen LogP contribution in [0.2, 0.25) is 0 Å². The van der Waals surface area contributed by atoms with E-state index in [2.05, 4.69) is 22.5 Å². The van der Waals surface area contributed by atoms with Gasteiger partial charge in [0.25, 0.3) is 0 Å². The van der Waals surface area contributed by atoms with Gasteiger partial charge in [-0.1, -0.05) is 40.7 Å². The Morgan fingerprint density at radius 3 is 2.68 bits per heavy atom. The van der Waals surface area contributed by atoms with Crippen molar-refractivity contribution in [2.75, 3.05) is 0 Å². The molecule has 0 amide bonds. The first-order valence-electron chi connectivity index (χ1n) is 13.6. The van der Waals surface area contributed by atoms with E-state index in [1.807, 2.05) is 18.2 Å². The molecule has 4 saturated heterocycles. The van der Waals surface area contributed by atoms with E-state index >= 15 is 0 Å². The molecule has 0 radical (unpaired) electrons. The highest BCUT2D eigenvalue weighted by molar-refractivity contribution is 9.11. The zero-order valence-corrected chi connectivity index (χ0v) is 22.6. The van der Waals surface area contributed by atoms with Gasteiger partial charge in [-0.15, -0.1) is 0 Å². The zero-order chi connectivity index (χ0) is 25.6. The van der Waals surface area contributed by atoms with Gasteiger partial charge in [-0.2, -0.15) is 0 Å². The third kappa shape index (κ3) is 5.08. The van der Waals surface area contributed by atoms with Crippen molar-refractivity contribution in [2.24, 2.45) is 11.8 Å². The number of esters is 1. The van der Waals surface area contributed by atoms with Crippen LogP contribution in [0.3, 0.4) is 0 Å². The zero-order valence-electron chi connectivity index (χ0n) is 21.0. The second kappa shape index (κ2) is 10.5. The van der Waals surface area contributed by atoms with Crippen molar-refractivity contribution in [3.63, 3.8) is 0 Å². The summed E-state index contributed by atoms with van der Waals surface area (Å²) < 4.78 is 33.5. The molecule has 1 aliphatic carbocycles. The number of hydrogen-bond acceptors (Lipinski definition) is 7. The lowest BCUT2D eigenvalue weighted by atomic mass is 9.69. The Bertz CT molecular complexity index is 1020. The Morgan fingerprint density at radius 2 is 1.89 bits per heavy atom. The van der Waals surface area contributed by atoms with E-state index in [1.54, 1.807) is 12.1 Å². The number of halogens is 1. The van der Waals surface area contributed by atoms with Crippen LogP contribution in [0.4, 0.5) is 0 Å². The van der Waals surface area contributed by atoms with Crippen LogP contribution < -0.4 is 0 Å². The maximum absolute atomic E-state index is 12.8. The normalized spacial score (nSPS) is 40.4. The fourth-order valence-corrected chi connectivity index (χ4v) is 7.59. The van der Waals surface area contributed by atoms with Gasteiger partial charge in [-0.3, -0.25) is 0 Å². The van der Waals surface area contributed by atoms with Crippen molar-refractivity contribution in [3.8, 4) is 0 Å². The molecule has 200 valence electrons. The first-order chi connectivity index (χ1) is 17.9. The predicted molar refractivity (Wildman–Crippen MR) is 138 cm³/mol. The second-order valence-corrected chi connectivity index (χ2v) is 12.4. The van der Waals surface area contributed by atoms with Gasteiger partial charge in [0.15, 0.2) is 5.79 Å². The maximum atomic E-state index is 12.8. The van der Waals surface area contributed by atoms with Crippen molar-refractivity contribution in [2.45, 2.75) is 106 Å². The summed E-state index contributed by atoms with van der Waals surface area (Å²) in [4.78, 5) is 24.0. The molecular formula is C29H35BrO7. The molecule has 1 saturated carbocycles. The minimum atomic E-state index is -0.752. The van der Waals surface area contributed by atoms with Crippen molar-refractivity contribution in [1.82, 2.24) is 0 Å². The molecule has 5 aliphatic rings. The highest BCUT2D eigenvalue weighted by Crippen LogP contribution is 2.56. The van der Waals surface area contributed by atoms with Gasteiger partial charge < -0.3 is 28.5 Å². The number of benzene rings is 1. The van der Waals surface area contributed by atoms with Gasteiger partial charge in [0.2, 0.25) is 0 Å². The van der Waals surface area contributed by atoms with Crippen LogP contribution in [0.15, 0.2) is 41.4 Å². The number of rotatable bonds is 9. The van der Waals surface area contributed by atoms with Gasteiger partial charge in [0, 0.05) is 31.6 Å². The molecule has 8 heteroatoms. The van der Waals surface area contributed by atoms with Gasteiger partial charge >= 0.3 is 5.97 Å². The molecule has 5 bridgehead atoms. The van der Waals surface area contributed by atoms with Crippen molar-refractivity contribution in [3.05, 3.63) is 47.0 Å². The summed E-state index contributed by atoms with van der Waals surface area (Å²) in [5.41, 5.74) is 0.530. The van der Waals surface area contributed by atoms with Crippen LogP contribution in [0.1, 0.15) is 68.1 Å². The number of hydrogen-bond donors (Lipinski definition) is 0. The Labute approximate surface area is 226 Å². The summed E-state index contributed by atoms with van der Waals surface area (Å²) >= 11 is 3.45.